The van der Waals surface area contributed by atoms with Crippen molar-refractivity contribution in [2.75, 3.05) is 13.9 Å². The standard InChI is InChI=1S/C27H21FN2O5.C25H17FN2O4/c1-33-16-35-25-22-21(26(31)30(27(22)32)14-17-9-11-19(28)12-10-17)24(20-8-5-13-29-23(20)25)34-15-18-6-3-2-4-7-18;26-17-10-8-15(9-11-17)13-28-24(30)19-20(25(28)31)23(32-14-16-5-2-1-3-6-16)18-7-4-12-27-21(18)22(19)29/h2-13H,14-16H2,1H3;1-12,29H,13-14H2. The summed E-state index contributed by atoms with van der Waals surface area (Å²) < 4.78 is 49.7. The van der Waals surface area contributed by atoms with E-state index in [2.05, 4.69) is 9.97 Å². The number of carbonyl (C=O) groups excluding carboxylic acids is 4. The first-order chi connectivity index (χ1) is 32.6. The molecule has 0 bridgehead atoms. The number of methoxy groups -OCH3 is 1. The molecular weight excluding hydrogens is 863 g/mol. The summed E-state index contributed by atoms with van der Waals surface area (Å²) in [6.07, 6.45) is 3.07. The lowest BCUT2D eigenvalue weighted by Gasteiger charge is -2.16. The van der Waals surface area contributed by atoms with Crippen molar-refractivity contribution in [3.63, 3.8) is 0 Å². The first-order valence-corrected chi connectivity index (χ1v) is 20.9. The molecule has 67 heavy (non-hydrogen) atoms. The van der Waals surface area contributed by atoms with Crippen molar-refractivity contribution < 1.29 is 52.0 Å². The molecule has 10 rings (SSSR count). The van der Waals surface area contributed by atoms with Gasteiger partial charge in [0.05, 0.1) is 24.2 Å². The average Bonchev–Trinajstić information content (AvgIpc) is 3.75. The molecule has 6 aromatic carbocycles. The quantitative estimate of drug-likeness (QED) is 0.0869. The molecule has 2 aliphatic rings. The van der Waals surface area contributed by atoms with E-state index < -0.39 is 35.3 Å². The van der Waals surface area contributed by atoms with E-state index in [-0.39, 0.29) is 83.9 Å². The molecule has 334 valence electrons. The third kappa shape index (κ3) is 8.58. The fraction of sp³-hybridized carbons (Fsp3) is 0.115. The molecule has 0 unspecified atom stereocenters. The molecule has 0 saturated heterocycles. The first kappa shape index (κ1) is 43.7. The number of aromatic nitrogens is 2. The maximum Gasteiger partial charge on any atom is 0.265 e. The molecule has 1 N–H and O–H groups in total. The van der Waals surface area contributed by atoms with Crippen molar-refractivity contribution in [2.45, 2.75) is 26.3 Å². The summed E-state index contributed by atoms with van der Waals surface area (Å²) in [5.74, 6) is -2.86. The van der Waals surface area contributed by atoms with E-state index in [9.17, 15) is 33.1 Å². The fourth-order valence-electron chi connectivity index (χ4n) is 7.91. The fourth-order valence-corrected chi connectivity index (χ4v) is 7.91. The number of halogens is 2. The number of phenolic OH excluding ortho intramolecular Hbond substituents is 1. The smallest absolute Gasteiger partial charge is 0.265 e. The lowest BCUT2D eigenvalue weighted by Crippen LogP contribution is -2.29. The molecular formula is C52H38F2N4O9. The number of rotatable bonds is 13. The summed E-state index contributed by atoms with van der Waals surface area (Å²) in [7, 11) is 1.46. The zero-order valence-electron chi connectivity index (χ0n) is 35.6. The first-order valence-electron chi connectivity index (χ1n) is 20.9. The Morgan fingerprint density at radius 3 is 1.37 bits per heavy atom. The maximum atomic E-state index is 13.6. The lowest BCUT2D eigenvalue weighted by atomic mass is 10.0. The summed E-state index contributed by atoms with van der Waals surface area (Å²) in [5, 5.41) is 11.8. The molecule has 15 heteroatoms. The van der Waals surface area contributed by atoms with E-state index in [0.29, 0.717) is 27.4 Å². The summed E-state index contributed by atoms with van der Waals surface area (Å²) in [6.45, 7) is 0.129. The molecule has 2 aromatic heterocycles. The maximum absolute atomic E-state index is 13.6. The van der Waals surface area contributed by atoms with Crippen molar-refractivity contribution in [1.29, 1.82) is 0 Å². The number of imide groups is 2. The molecule has 0 aliphatic carbocycles. The Morgan fingerprint density at radius 2 is 0.896 bits per heavy atom. The van der Waals surface area contributed by atoms with Crippen LogP contribution in [0.15, 0.2) is 146 Å². The molecule has 4 heterocycles. The van der Waals surface area contributed by atoms with Crippen LogP contribution in [0.2, 0.25) is 0 Å². The van der Waals surface area contributed by atoms with Gasteiger partial charge in [-0.1, -0.05) is 84.9 Å². The van der Waals surface area contributed by atoms with Gasteiger partial charge >= 0.3 is 0 Å². The molecule has 0 radical (unpaired) electrons. The van der Waals surface area contributed by atoms with Gasteiger partial charge in [0, 0.05) is 30.3 Å². The topological polar surface area (TPSA) is 158 Å². The highest BCUT2D eigenvalue weighted by Gasteiger charge is 2.44. The van der Waals surface area contributed by atoms with Gasteiger partial charge in [0.15, 0.2) is 18.3 Å². The molecule has 0 spiro atoms. The normalized spacial score (nSPS) is 12.9. The van der Waals surface area contributed by atoms with Gasteiger partial charge in [0.25, 0.3) is 23.6 Å². The van der Waals surface area contributed by atoms with E-state index in [1.165, 1.54) is 61.8 Å². The second kappa shape index (κ2) is 18.9. The lowest BCUT2D eigenvalue weighted by molar-refractivity contribution is 0.0504. The Labute approximate surface area is 381 Å². The van der Waals surface area contributed by atoms with Gasteiger partial charge in [-0.2, -0.15) is 0 Å². The number of fused-ring (bicyclic) bond motifs is 4. The monoisotopic (exact) mass is 900 g/mol. The summed E-state index contributed by atoms with van der Waals surface area (Å²) in [6, 6.07) is 36.9. The zero-order chi connectivity index (χ0) is 46.6. The van der Waals surface area contributed by atoms with E-state index in [4.69, 9.17) is 18.9 Å². The second-order valence-electron chi connectivity index (χ2n) is 15.4. The minimum atomic E-state index is -0.649. The van der Waals surface area contributed by atoms with Gasteiger partial charge in [-0.05, 0) is 70.8 Å². The van der Waals surface area contributed by atoms with Gasteiger partial charge in [0.1, 0.15) is 58.5 Å². The predicted molar refractivity (Wildman–Crippen MR) is 240 cm³/mol. The Hall–Kier alpha value is -8.56. The second-order valence-corrected chi connectivity index (χ2v) is 15.4. The van der Waals surface area contributed by atoms with Crippen molar-refractivity contribution >= 4 is 45.4 Å². The molecule has 2 aliphatic heterocycles. The molecule has 8 aromatic rings. The number of pyridine rings is 2. The van der Waals surface area contributed by atoms with Crippen LogP contribution in [-0.2, 0) is 31.0 Å². The number of phenols is 1. The Kier molecular flexibility index (Phi) is 12.3. The summed E-state index contributed by atoms with van der Waals surface area (Å²) in [5.41, 5.74) is 3.59. The number of aromatic hydroxyl groups is 1. The van der Waals surface area contributed by atoms with Gasteiger partial charge in [-0.15, -0.1) is 0 Å². The van der Waals surface area contributed by atoms with Crippen LogP contribution in [-0.4, -0.2) is 62.4 Å². The number of hydrogen-bond donors (Lipinski definition) is 1. The highest BCUT2D eigenvalue weighted by atomic mass is 19.1. The van der Waals surface area contributed by atoms with Gasteiger partial charge in [-0.3, -0.25) is 38.9 Å². The predicted octanol–water partition coefficient (Wildman–Crippen LogP) is 9.19. The SMILES string of the molecule is COCOc1c2c(c(OCc3ccccc3)c3cccnc13)C(=O)N(Cc1ccc(F)cc1)C2=O.O=C1c2c(c(O)c3ncccc3c2OCc2ccccc2)C(=O)N1Cc1ccc(F)cc1. The number of hydrogen-bond acceptors (Lipinski definition) is 11. The van der Waals surface area contributed by atoms with Crippen molar-refractivity contribution in [3.05, 3.63) is 202 Å². The van der Waals surface area contributed by atoms with Crippen LogP contribution in [0.3, 0.4) is 0 Å². The number of nitrogens with zero attached hydrogens (tertiary/aromatic N) is 4. The van der Waals surface area contributed by atoms with Crippen molar-refractivity contribution in [1.82, 2.24) is 19.8 Å². The molecule has 0 atom stereocenters. The van der Waals surface area contributed by atoms with Gasteiger partial charge in [0.2, 0.25) is 0 Å². The van der Waals surface area contributed by atoms with Crippen LogP contribution in [0.25, 0.3) is 21.8 Å². The highest BCUT2D eigenvalue weighted by Crippen LogP contribution is 2.46. The number of ether oxygens (including phenoxy) is 4. The number of amides is 4. The summed E-state index contributed by atoms with van der Waals surface area (Å²) in [4.78, 5) is 64.4. The Morgan fingerprint density at radius 1 is 0.478 bits per heavy atom. The van der Waals surface area contributed by atoms with Crippen molar-refractivity contribution in [2.24, 2.45) is 0 Å². The minimum Gasteiger partial charge on any atom is -0.505 e. The average molecular weight is 901 g/mol. The van der Waals surface area contributed by atoms with Crippen LogP contribution < -0.4 is 14.2 Å². The Balaban J connectivity index is 0.000000169. The van der Waals surface area contributed by atoms with Crippen LogP contribution in [0.5, 0.6) is 23.0 Å². The van der Waals surface area contributed by atoms with Gasteiger partial charge < -0.3 is 24.1 Å². The van der Waals surface area contributed by atoms with Crippen LogP contribution in [0.1, 0.15) is 63.7 Å². The molecule has 0 saturated carbocycles. The third-order valence-electron chi connectivity index (χ3n) is 11.1. The largest absolute Gasteiger partial charge is 0.505 e. The zero-order valence-corrected chi connectivity index (χ0v) is 35.6. The van der Waals surface area contributed by atoms with E-state index in [1.54, 1.807) is 30.5 Å². The summed E-state index contributed by atoms with van der Waals surface area (Å²) >= 11 is 0. The van der Waals surface area contributed by atoms with Crippen LogP contribution >= 0.6 is 0 Å². The molecule has 0 fully saturated rings. The van der Waals surface area contributed by atoms with E-state index >= 15 is 0 Å². The molecule has 13 nitrogen and oxygen atoms in total. The number of carbonyl (C=O) groups is 4. The van der Waals surface area contributed by atoms with Crippen molar-refractivity contribution in [3.8, 4) is 23.0 Å². The molecule has 4 amide bonds. The van der Waals surface area contributed by atoms with E-state index in [0.717, 1.165) is 20.9 Å². The third-order valence-corrected chi connectivity index (χ3v) is 11.1. The minimum absolute atomic E-state index is 0.00560. The Bertz CT molecular complexity index is 3190. The van der Waals surface area contributed by atoms with Crippen LogP contribution in [0.4, 0.5) is 8.78 Å². The highest BCUT2D eigenvalue weighted by molar-refractivity contribution is 6.28. The van der Waals surface area contributed by atoms with E-state index in [1.807, 2.05) is 60.7 Å². The number of benzene rings is 6. The van der Waals surface area contributed by atoms with Gasteiger partial charge in [-0.25, -0.2) is 8.78 Å². The van der Waals surface area contributed by atoms with Crippen LogP contribution in [0, 0.1) is 11.6 Å².